The number of aliphatic carboxylic acids is 1. The summed E-state index contributed by atoms with van der Waals surface area (Å²) in [6, 6.07) is 17.6. The highest BCUT2D eigenvalue weighted by atomic mass is 32.2. The van der Waals surface area contributed by atoms with Crippen LogP contribution < -0.4 is 21.3 Å². The number of benzene rings is 3. The molecule has 36 heavy (non-hydrogen) atoms. The zero-order chi connectivity index (χ0) is 26.0. The predicted molar refractivity (Wildman–Crippen MR) is 138 cm³/mol. The molecule has 1 heterocycles. The topological polar surface area (TPSA) is 139 Å². The number of carboxylic acids is 1. The fourth-order valence-electron chi connectivity index (χ4n) is 4.45. The van der Waals surface area contributed by atoms with E-state index in [0.717, 1.165) is 22.3 Å². The summed E-state index contributed by atoms with van der Waals surface area (Å²) in [5.74, 6) is 4.73. The number of rotatable bonds is 7. The third kappa shape index (κ3) is 5.15. The van der Waals surface area contributed by atoms with Crippen LogP contribution in [0.2, 0.25) is 0 Å². The Morgan fingerprint density at radius 1 is 1.14 bits per heavy atom. The molecule has 190 valence electrons. The molecule has 1 atom stereocenters. The Morgan fingerprint density at radius 2 is 1.83 bits per heavy atom. The van der Waals surface area contributed by atoms with Crippen LogP contribution in [0.4, 0.5) is 11.4 Å². The molecule has 0 fully saturated rings. The number of nitrogens with zero attached hydrogens (tertiary/aromatic N) is 2. The minimum absolute atomic E-state index is 0.137. The Bertz CT molecular complexity index is 1390. The quantitative estimate of drug-likeness (QED) is 0.250. The first-order valence-electron chi connectivity index (χ1n) is 11.5. The SMILES string of the molecule is Cc1ccc(C(CC(=O)O)c2ccc(N(C)N)c(N)c2)cc1CN1CCOc2ccccc2S1(=O)=O. The Labute approximate surface area is 210 Å². The smallest absolute Gasteiger partial charge is 0.304 e. The summed E-state index contributed by atoms with van der Waals surface area (Å²) in [5.41, 5.74) is 10.4. The maximum atomic E-state index is 13.4. The molecule has 0 bridgehead atoms. The molecule has 3 aromatic carbocycles. The standard InChI is InChI=1S/C26H30N4O5S/c1-17-7-8-18(21(15-26(31)32)19-9-10-23(29(2)28)22(27)14-19)13-20(17)16-30-11-12-35-24-5-3-4-6-25(24)36(30,33)34/h3-10,13-14,21H,11-12,15-16,27-28H2,1-2H3,(H,31,32). The van der Waals surface area contributed by atoms with Crippen molar-refractivity contribution in [2.75, 3.05) is 30.9 Å². The van der Waals surface area contributed by atoms with E-state index in [1.807, 2.05) is 31.2 Å². The van der Waals surface area contributed by atoms with Crippen LogP contribution in [0, 0.1) is 6.92 Å². The molecule has 10 heteroatoms. The second-order valence-electron chi connectivity index (χ2n) is 8.90. The average Bonchev–Trinajstić information content (AvgIpc) is 2.94. The molecule has 9 nitrogen and oxygen atoms in total. The van der Waals surface area contributed by atoms with Crippen molar-refractivity contribution >= 4 is 27.4 Å². The van der Waals surface area contributed by atoms with Crippen molar-refractivity contribution in [2.24, 2.45) is 5.84 Å². The summed E-state index contributed by atoms with van der Waals surface area (Å²) in [4.78, 5) is 11.9. The molecule has 0 spiro atoms. The number of carboxylic acid groups (broad SMARTS) is 1. The normalized spacial score (nSPS) is 15.9. The van der Waals surface area contributed by atoms with Gasteiger partial charge in [-0.1, -0.05) is 36.4 Å². The summed E-state index contributed by atoms with van der Waals surface area (Å²) in [6.07, 6.45) is -0.150. The van der Waals surface area contributed by atoms with Gasteiger partial charge in [-0.15, -0.1) is 0 Å². The summed E-state index contributed by atoms with van der Waals surface area (Å²) in [6.45, 7) is 2.48. The minimum atomic E-state index is -3.78. The van der Waals surface area contributed by atoms with E-state index in [-0.39, 0.29) is 31.0 Å². The van der Waals surface area contributed by atoms with Gasteiger partial charge >= 0.3 is 5.97 Å². The Morgan fingerprint density at radius 3 is 2.53 bits per heavy atom. The second-order valence-corrected chi connectivity index (χ2v) is 10.8. The van der Waals surface area contributed by atoms with E-state index in [4.69, 9.17) is 16.3 Å². The molecule has 1 aliphatic heterocycles. The molecule has 0 aliphatic carbocycles. The first-order chi connectivity index (χ1) is 17.1. The molecule has 0 amide bonds. The fourth-order valence-corrected chi connectivity index (χ4v) is 5.98. The molecule has 1 aliphatic rings. The third-order valence-corrected chi connectivity index (χ3v) is 8.28. The number of nitrogen functional groups attached to an aromatic ring is 1. The molecular formula is C26H30N4O5S. The number of nitrogens with two attached hydrogens (primary N) is 2. The van der Waals surface area contributed by atoms with Gasteiger partial charge in [-0.25, -0.2) is 14.3 Å². The lowest BCUT2D eigenvalue weighted by Gasteiger charge is -2.23. The Balaban J connectivity index is 1.71. The number of para-hydroxylation sites is 1. The van der Waals surface area contributed by atoms with Crippen LogP contribution >= 0.6 is 0 Å². The van der Waals surface area contributed by atoms with E-state index < -0.39 is 21.9 Å². The van der Waals surface area contributed by atoms with Crippen molar-refractivity contribution < 1.29 is 23.1 Å². The highest BCUT2D eigenvalue weighted by Crippen LogP contribution is 2.35. The number of aryl methyl sites for hydroxylation is 1. The fraction of sp³-hybridized carbons (Fsp3) is 0.269. The van der Waals surface area contributed by atoms with E-state index in [1.54, 1.807) is 43.4 Å². The van der Waals surface area contributed by atoms with Crippen molar-refractivity contribution in [3.8, 4) is 5.75 Å². The molecule has 0 saturated heterocycles. The van der Waals surface area contributed by atoms with Gasteiger partial charge in [0.05, 0.1) is 17.8 Å². The van der Waals surface area contributed by atoms with Gasteiger partial charge in [-0.3, -0.25) is 4.79 Å². The molecule has 0 aromatic heterocycles. The first-order valence-corrected chi connectivity index (χ1v) is 12.9. The molecule has 1 unspecified atom stereocenters. The molecule has 4 rings (SSSR count). The van der Waals surface area contributed by atoms with Gasteiger partial charge < -0.3 is 20.6 Å². The van der Waals surface area contributed by atoms with Crippen LogP contribution in [-0.4, -0.2) is 44.0 Å². The van der Waals surface area contributed by atoms with Crippen LogP contribution in [0.5, 0.6) is 5.75 Å². The summed E-state index contributed by atoms with van der Waals surface area (Å²) in [5, 5.41) is 11.0. The zero-order valence-corrected chi connectivity index (χ0v) is 21.0. The number of hydrazine groups is 1. The van der Waals surface area contributed by atoms with E-state index >= 15 is 0 Å². The maximum Gasteiger partial charge on any atom is 0.304 e. The zero-order valence-electron chi connectivity index (χ0n) is 20.2. The van der Waals surface area contributed by atoms with E-state index in [2.05, 4.69) is 0 Å². The lowest BCUT2D eigenvalue weighted by Crippen LogP contribution is -2.32. The maximum absolute atomic E-state index is 13.4. The summed E-state index contributed by atoms with van der Waals surface area (Å²) >= 11 is 0. The average molecular weight is 511 g/mol. The van der Waals surface area contributed by atoms with Crippen molar-refractivity contribution in [1.82, 2.24) is 4.31 Å². The van der Waals surface area contributed by atoms with Gasteiger partial charge in [0.2, 0.25) is 10.0 Å². The molecule has 3 aromatic rings. The highest BCUT2D eigenvalue weighted by Gasteiger charge is 2.31. The van der Waals surface area contributed by atoms with Gasteiger partial charge in [0, 0.05) is 26.1 Å². The van der Waals surface area contributed by atoms with Crippen molar-refractivity contribution in [3.05, 3.63) is 82.9 Å². The van der Waals surface area contributed by atoms with E-state index in [0.29, 0.717) is 17.1 Å². The number of anilines is 2. The van der Waals surface area contributed by atoms with Gasteiger partial charge in [-0.05, 0) is 53.4 Å². The van der Waals surface area contributed by atoms with Gasteiger partial charge in [0.15, 0.2) is 0 Å². The lowest BCUT2D eigenvalue weighted by atomic mass is 9.86. The van der Waals surface area contributed by atoms with E-state index in [9.17, 15) is 18.3 Å². The van der Waals surface area contributed by atoms with Gasteiger partial charge in [-0.2, -0.15) is 4.31 Å². The second kappa shape index (κ2) is 10.2. The number of fused-ring (bicyclic) bond motifs is 1. The predicted octanol–water partition coefficient (Wildman–Crippen LogP) is 3.08. The molecule has 0 radical (unpaired) electrons. The van der Waals surface area contributed by atoms with Crippen LogP contribution in [0.25, 0.3) is 0 Å². The number of hydrogen-bond donors (Lipinski definition) is 3. The monoisotopic (exact) mass is 510 g/mol. The third-order valence-electron chi connectivity index (χ3n) is 6.40. The van der Waals surface area contributed by atoms with Crippen molar-refractivity contribution in [2.45, 2.75) is 30.7 Å². The largest absolute Gasteiger partial charge is 0.491 e. The van der Waals surface area contributed by atoms with Crippen LogP contribution in [0.15, 0.2) is 65.6 Å². The summed E-state index contributed by atoms with van der Waals surface area (Å²) in [7, 11) is -2.10. The number of carbonyl (C=O) groups is 1. The minimum Gasteiger partial charge on any atom is -0.491 e. The van der Waals surface area contributed by atoms with Crippen LogP contribution in [0.3, 0.4) is 0 Å². The number of ether oxygens (including phenoxy) is 1. The van der Waals surface area contributed by atoms with E-state index in [1.165, 1.54) is 9.31 Å². The van der Waals surface area contributed by atoms with Gasteiger partial charge in [0.25, 0.3) is 0 Å². The van der Waals surface area contributed by atoms with Gasteiger partial charge in [0.1, 0.15) is 17.3 Å². The van der Waals surface area contributed by atoms with Crippen molar-refractivity contribution in [3.63, 3.8) is 0 Å². The lowest BCUT2D eigenvalue weighted by molar-refractivity contribution is -0.137. The van der Waals surface area contributed by atoms with Crippen LogP contribution in [-0.2, 0) is 21.4 Å². The summed E-state index contributed by atoms with van der Waals surface area (Å²) < 4.78 is 33.9. The van der Waals surface area contributed by atoms with Crippen molar-refractivity contribution in [1.29, 1.82) is 0 Å². The molecule has 5 N–H and O–H groups in total. The first kappa shape index (κ1) is 25.5. The Kier molecular flexibility index (Phi) is 7.21. The Hall–Kier alpha value is -3.60. The number of sulfonamides is 1. The molecule has 0 saturated carbocycles. The van der Waals surface area contributed by atoms with Crippen LogP contribution in [0.1, 0.15) is 34.6 Å². The highest BCUT2D eigenvalue weighted by molar-refractivity contribution is 7.89. The number of hydrogen-bond acceptors (Lipinski definition) is 7. The molecular weight excluding hydrogens is 480 g/mol.